The number of carbonyl (C=O) groups excluding carboxylic acids is 2. The van der Waals surface area contributed by atoms with Crippen LogP contribution in [0.1, 0.15) is 22.7 Å². The van der Waals surface area contributed by atoms with Crippen molar-refractivity contribution < 1.29 is 14.7 Å². The van der Waals surface area contributed by atoms with Gasteiger partial charge in [0.05, 0.1) is 11.6 Å². The van der Waals surface area contributed by atoms with Gasteiger partial charge in [0.1, 0.15) is 5.76 Å². The second-order valence-electron chi connectivity index (χ2n) is 6.84. The van der Waals surface area contributed by atoms with E-state index in [-0.39, 0.29) is 11.3 Å². The van der Waals surface area contributed by atoms with Gasteiger partial charge >= 0.3 is 0 Å². The number of Topliss-reactive ketones (excluding diaryl/α,β-unsaturated/α-hetero) is 1. The summed E-state index contributed by atoms with van der Waals surface area (Å²) in [7, 11) is 0. The third-order valence-electron chi connectivity index (χ3n) is 5.08. The van der Waals surface area contributed by atoms with Crippen LogP contribution in [-0.2, 0) is 9.59 Å². The fourth-order valence-corrected chi connectivity index (χ4v) is 4.00. The minimum atomic E-state index is -0.811. The topological polar surface area (TPSA) is 70.5 Å². The molecule has 0 spiro atoms. The number of amides is 1. The molecule has 3 aromatic rings. The zero-order valence-electron chi connectivity index (χ0n) is 15.8. The first-order valence-corrected chi connectivity index (χ1v) is 10.3. The van der Waals surface area contributed by atoms with Gasteiger partial charge in [-0.25, -0.2) is 0 Å². The van der Waals surface area contributed by atoms with Gasteiger partial charge in [-0.1, -0.05) is 45.7 Å². The van der Waals surface area contributed by atoms with Crippen molar-refractivity contribution in [3.8, 4) is 0 Å². The van der Waals surface area contributed by atoms with Gasteiger partial charge in [0.2, 0.25) is 0 Å². The third-order valence-corrected chi connectivity index (χ3v) is 6.02. The Hall–Kier alpha value is -2.96. The lowest BCUT2D eigenvalue weighted by molar-refractivity contribution is -0.132. The van der Waals surface area contributed by atoms with Crippen LogP contribution in [0.15, 0.2) is 77.0 Å². The summed E-state index contributed by atoms with van der Waals surface area (Å²) in [6.07, 6.45) is 3.17. The summed E-state index contributed by atoms with van der Waals surface area (Å²) in [6, 6.07) is 14.7. The molecule has 1 aliphatic heterocycles. The van der Waals surface area contributed by atoms with Crippen LogP contribution in [0.5, 0.6) is 0 Å². The number of carbonyl (C=O) groups is 2. The Labute approximate surface area is 186 Å². The van der Waals surface area contributed by atoms with Gasteiger partial charge in [-0.15, -0.1) is 0 Å². The van der Waals surface area contributed by atoms with Crippen LogP contribution < -0.4 is 4.90 Å². The molecule has 4 rings (SSSR count). The Kier molecular flexibility index (Phi) is 5.45. The maximum atomic E-state index is 13.1. The Morgan fingerprint density at radius 2 is 1.73 bits per heavy atom. The van der Waals surface area contributed by atoms with E-state index < -0.39 is 17.7 Å². The monoisotopic (exact) mass is 482 g/mol. The summed E-state index contributed by atoms with van der Waals surface area (Å²) in [5, 5.41) is 11.5. The zero-order chi connectivity index (χ0) is 21.4. The SMILES string of the molecule is Cc1c(Cl)cccc1N1C(=O)C(=O)/C(=C(/O)c2ccc(Br)cc2)C1c1ccncc1. The number of benzene rings is 2. The maximum Gasteiger partial charge on any atom is 0.300 e. The molecule has 1 unspecified atom stereocenters. The Bertz CT molecular complexity index is 1180. The van der Waals surface area contributed by atoms with Gasteiger partial charge in [0, 0.05) is 33.1 Å². The van der Waals surface area contributed by atoms with Crippen LogP contribution in [0, 0.1) is 6.92 Å². The minimum absolute atomic E-state index is 0.0212. The number of anilines is 1. The lowest BCUT2D eigenvalue weighted by atomic mass is 9.95. The number of ketones is 1. The molecule has 1 amide bonds. The summed E-state index contributed by atoms with van der Waals surface area (Å²) >= 11 is 9.64. The highest BCUT2D eigenvalue weighted by atomic mass is 79.9. The van der Waals surface area contributed by atoms with Gasteiger partial charge in [-0.3, -0.25) is 19.5 Å². The molecule has 2 aromatic carbocycles. The van der Waals surface area contributed by atoms with Crippen LogP contribution in [0.4, 0.5) is 5.69 Å². The minimum Gasteiger partial charge on any atom is -0.507 e. The predicted molar refractivity (Wildman–Crippen MR) is 119 cm³/mol. The number of aliphatic hydroxyl groups is 1. The van der Waals surface area contributed by atoms with Crippen molar-refractivity contribution in [1.82, 2.24) is 4.98 Å². The molecule has 5 nitrogen and oxygen atoms in total. The number of hydrogen-bond donors (Lipinski definition) is 1. The number of aliphatic hydroxyl groups excluding tert-OH is 1. The number of rotatable bonds is 3. The molecule has 150 valence electrons. The van der Waals surface area contributed by atoms with Crippen molar-refractivity contribution in [2.75, 3.05) is 4.90 Å². The summed E-state index contributed by atoms with van der Waals surface area (Å²) in [5.41, 5.74) is 2.30. The molecule has 2 heterocycles. The molecule has 1 N–H and O–H groups in total. The van der Waals surface area contributed by atoms with Crippen molar-refractivity contribution in [3.05, 3.63) is 98.7 Å². The van der Waals surface area contributed by atoms with Crippen LogP contribution in [0.25, 0.3) is 5.76 Å². The van der Waals surface area contributed by atoms with E-state index in [2.05, 4.69) is 20.9 Å². The lowest BCUT2D eigenvalue weighted by Gasteiger charge is -2.27. The Balaban J connectivity index is 1.97. The maximum absolute atomic E-state index is 13.1. The number of hydrogen-bond acceptors (Lipinski definition) is 4. The van der Waals surface area contributed by atoms with Crippen LogP contribution in [0.2, 0.25) is 5.02 Å². The summed E-state index contributed by atoms with van der Waals surface area (Å²) in [6.45, 7) is 1.79. The second kappa shape index (κ2) is 8.05. The average molecular weight is 484 g/mol. The fraction of sp³-hybridized carbons (Fsp3) is 0.0870. The van der Waals surface area contributed by atoms with Crippen molar-refractivity contribution in [3.63, 3.8) is 0 Å². The number of aromatic nitrogens is 1. The highest BCUT2D eigenvalue weighted by Crippen LogP contribution is 2.43. The quantitative estimate of drug-likeness (QED) is 0.306. The van der Waals surface area contributed by atoms with E-state index in [9.17, 15) is 14.7 Å². The van der Waals surface area contributed by atoms with E-state index in [1.807, 2.05) is 0 Å². The van der Waals surface area contributed by atoms with E-state index in [4.69, 9.17) is 11.6 Å². The van der Waals surface area contributed by atoms with Crippen molar-refractivity contribution in [2.24, 2.45) is 0 Å². The van der Waals surface area contributed by atoms with E-state index >= 15 is 0 Å². The van der Waals surface area contributed by atoms with E-state index in [1.165, 1.54) is 4.90 Å². The van der Waals surface area contributed by atoms with Crippen molar-refractivity contribution >= 4 is 50.7 Å². The first-order valence-electron chi connectivity index (χ1n) is 9.12. The smallest absolute Gasteiger partial charge is 0.300 e. The van der Waals surface area contributed by atoms with Gasteiger partial charge in [0.15, 0.2) is 0 Å². The standard InChI is InChI=1S/C23H16BrClN2O3/c1-13-17(25)3-2-4-18(13)27-20(14-9-11-26-12-10-14)19(22(29)23(27)30)21(28)15-5-7-16(24)8-6-15/h2-12,20,28H,1H3/b21-19+. The molecular formula is C23H16BrClN2O3. The Morgan fingerprint density at radius 3 is 2.40 bits per heavy atom. The highest BCUT2D eigenvalue weighted by Gasteiger charge is 2.47. The molecule has 1 saturated heterocycles. The molecule has 1 fully saturated rings. The molecule has 30 heavy (non-hydrogen) atoms. The molecule has 0 aliphatic carbocycles. The van der Waals surface area contributed by atoms with Crippen LogP contribution in [0.3, 0.4) is 0 Å². The zero-order valence-corrected chi connectivity index (χ0v) is 18.2. The summed E-state index contributed by atoms with van der Waals surface area (Å²) in [5.74, 6) is -1.71. The first kappa shape index (κ1) is 20.3. The number of pyridine rings is 1. The van der Waals surface area contributed by atoms with Crippen LogP contribution in [-0.4, -0.2) is 21.8 Å². The summed E-state index contributed by atoms with van der Waals surface area (Å²) < 4.78 is 0.833. The van der Waals surface area contributed by atoms with Gasteiger partial charge in [-0.2, -0.15) is 0 Å². The fourth-order valence-electron chi connectivity index (χ4n) is 3.56. The van der Waals surface area contributed by atoms with Crippen molar-refractivity contribution in [2.45, 2.75) is 13.0 Å². The lowest BCUT2D eigenvalue weighted by Crippen LogP contribution is -2.30. The molecule has 0 radical (unpaired) electrons. The molecule has 0 bridgehead atoms. The normalized spacial score (nSPS) is 18.1. The number of nitrogens with zero attached hydrogens (tertiary/aromatic N) is 2. The molecular weight excluding hydrogens is 468 g/mol. The predicted octanol–water partition coefficient (Wildman–Crippen LogP) is 5.43. The van der Waals surface area contributed by atoms with E-state index in [0.717, 1.165) is 4.47 Å². The summed E-state index contributed by atoms with van der Waals surface area (Å²) in [4.78, 5) is 31.6. The van der Waals surface area contributed by atoms with E-state index in [0.29, 0.717) is 27.4 Å². The van der Waals surface area contributed by atoms with Crippen LogP contribution >= 0.6 is 27.5 Å². The Morgan fingerprint density at radius 1 is 1.07 bits per heavy atom. The molecule has 0 saturated carbocycles. The second-order valence-corrected chi connectivity index (χ2v) is 8.16. The highest BCUT2D eigenvalue weighted by molar-refractivity contribution is 9.10. The molecule has 1 aliphatic rings. The van der Waals surface area contributed by atoms with Gasteiger partial charge in [0.25, 0.3) is 11.7 Å². The first-order chi connectivity index (χ1) is 14.4. The molecule has 1 atom stereocenters. The molecule has 1 aromatic heterocycles. The average Bonchev–Trinajstić information content (AvgIpc) is 3.01. The third kappa shape index (κ3) is 3.42. The van der Waals surface area contributed by atoms with Gasteiger partial charge < -0.3 is 5.11 Å². The largest absolute Gasteiger partial charge is 0.507 e. The number of halogens is 2. The van der Waals surface area contributed by atoms with E-state index in [1.54, 1.807) is 73.9 Å². The van der Waals surface area contributed by atoms with Crippen molar-refractivity contribution in [1.29, 1.82) is 0 Å². The molecule has 7 heteroatoms. The van der Waals surface area contributed by atoms with Gasteiger partial charge in [-0.05, 0) is 54.4 Å².